The summed E-state index contributed by atoms with van der Waals surface area (Å²) in [5.41, 5.74) is 1.12. The first kappa shape index (κ1) is 15.6. The number of halogens is 3. The molecule has 1 aromatic rings. The highest BCUT2D eigenvalue weighted by atomic mass is 19.4. The fourth-order valence-electron chi connectivity index (χ4n) is 3.31. The molecule has 1 saturated heterocycles. The van der Waals surface area contributed by atoms with Gasteiger partial charge in [-0.2, -0.15) is 13.2 Å². The molecule has 0 unspecified atom stereocenters. The number of piperidine rings is 1. The van der Waals surface area contributed by atoms with Crippen molar-refractivity contribution in [3.8, 4) is 0 Å². The highest BCUT2D eigenvalue weighted by molar-refractivity contribution is 5.56. The normalized spacial score (nSPS) is 21.1. The van der Waals surface area contributed by atoms with Crippen LogP contribution in [-0.2, 0) is 17.3 Å². The Hall–Kier alpha value is -1.27. The number of hydrogen-bond acceptors (Lipinski definition) is 3. The Morgan fingerprint density at radius 1 is 1.14 bits per heavy atom. The van der Waals surface area contributed by atoms with Crippen LogP contribution in [-0.4, -0.2) is 38.9 Å². The van der Waals surface area contributed by atoms with Gasteiger partial charge in [-0.25, -0.2) is 0 Å². The van der Waals surface area contributed by atoms with E-state index in [-0.39, 0.29) is 0 Å². The smallest absolute Gasteiger partial charge is 0.379 e. The SMILES string of the molecule is FC(F)(F)c1ccc2c(c1)CCOCCN2C1CCNCC1. The average molecular weight is 314 g/mol. The molecule has 3 nitrogen and oxygen atoms in total. The fraction of sp³-hybridized carbons (Fsp3) is 0.625. The Morgan fingerprint density at radius 2 is 1.91 bits per heavy atom. The van der Waals surface area contributed by atoms with Gasteiger partial charge in [-0.3, -0.25) is 0 Å². The fourth-order valence-corrected chi connectivity index (χ4v) is 3.31. The van der Waals surface area contributed by atoms with Gasteiger partial charge in [0.05, 0.1) is 18.8 Å². The number of hydrogen-bond donors (Lipinski definition) is 1. The molecule has 22 heavy (non-hydrogen) atoms. The molecular formula is C16H21F3N2O. The highest BCUT2D eigenvalue weighted by Crippen LogP contribution is 2.34. The number of fused-ring (bicyclic) bond motifs is 1. The zero-order valence-corrected chi connectivity index (χ0v) is 12.5. The summed E-state index contributed by atoms with van der Waals surface area (Å²) < 4.78 is 44.4. The maximum Gasteiger partial charge on any atom is 0.416 e. The third-order valence-corrected chi connectivity index (χ3v) is 4.46. The van der Waals surface area contributed by atoms with Gasteiger partial charge in [-0.05, 0) is 56.1 Å². The van der Waals surface area contributed by atoms with Crippen LogP contribution in [0.5, 0.6) is 0 Å². The molecule has 0 amide bonds. The number of anilines is 1. The molecule has 0 aliphatic carbocycles. The van der Waals surface area contributed by atoms with Crippen LogP contribution >= 0.6 is 0 Å². The molecule has 122 valence electrons. The van der Waals surface area contributed by atoms with Crippen LogP contribution in [0.15, 0.2) is 18.2 Å². The number of nitrogens with zero attached hydrogens (tertiary/aromatic N) is 1. The first-order chi connectivity index (χ1) is 10.6. The minimum atomic E-state index is -4.29. The molecule has 0 bridgehead atoms. The summed E-state index contributed by atoms with van der Waals surface area (Å²) in [6.45, 7) is 3.76. The van der Waals surface area contributed by atoms with Crippen LogP contribution in [0.25, 0.3) is 0 Å². The zero-order valence-electron chi connectivity index (χ0n) is 12.5. The van der Waals surface area contributed by atoms with Crippen molar-refractivity contribution in [1.29, 1.82) is 0 Å². The molecular weight excluding hydrogens is 293 g/mol. The first-order valence-electron chi connectivity index (χ1n) is 7.81. The van der Waals surface area contributed by atoms with Crippen LogP contribution in [0.2, 0.25) is 0 Å². The second-order valence-electron chi connectivity index (χ2n) is 5.88. The highest BCUT2D eigenvalue weighted by Gasteiger charge is 2.32. The summed E-state index contributed by atoms with van der Waals surface area (Å²) in [5.74, 6) is 0. The molecule has 6 heteroatoms. The van der Waals surface area contributed by atoms with Crippen molar-refractivity contribution >= 4 is 5.69 Å². The van der Waals surface area contributed by atoms with Crippen molar-refractivity contribution in [2.45, 2.75) is 31.5 Å². The topological polar surface area (TPSA) is 24.5 Å². The maximum absolute atomic E-state index is 12.9. The summed E-state index contributed by atoms with van der Waals surface area (Å²) in [6, 6.07) is 4.51. The van der Waals surface area contributed by atoms with E-state index < -0.39 is 11.7 Å². The van der Waals surface area contributed by atoms with E-state index in [0.717, 1.165) is 43.7 Å². The van der Waals surface area contributed by atoms with Crippen molar-refractivity contribution in [3.05, 3.63) is 29.3 Å². The summed E-state index contributed by atoms with van der Waals surface area (Å²) >= 11 is 0. The quantitative estimate of drug-likeness (QED) is 0.863. The minimum absolute atomic E-state index is 0.374. The van der Waals surface area contributed by atoms with E-state index in [1.54, 1.807) is 6.07 Å². The predicted octanol–water partition coefficient (Wildman–Crippen LogP) is 2.84. The van der Waals surface area contributed by atoms with E-state index >= 15 is 0 Å². The van der Waals surface area contributed by atoms with Gasteiger partial charge >= 0.3 is 6.18 Å². The molecule has 1 N–H and O–H groups in total. The molecule has 1 fully saturated rings. The number of rotatable bonds is 1. The molecule has 2 heterocycles. The first-order valence-corrected chi connectivity index (χ1v) is 7.81. The Labute approximate surface area is 128 Å². The number of benzene rings is 1. The van der Waals surface area contributed by atoms with Gasteiger partial charge in [0.15, 0.2) is 0 Å². The molecule has 2 aliphatic heterocycles. The molecule has 3 rings (SSSR count). The van der Waals surface area contributed by atoms with Crippen molar-refractivity contribution < 1.29 is 17.9 Å². The van der Waals surface area contributed by atoms with Crippen LogP contribution in [0.4, 0.5) is 18.9 Å². The van der Waals surface area contributed by atoms with Crippen molar-refractivity contribution in [3.63, 3.8) is 0 Å². The van der Waals surface area contributed by atoms with Gasteiger partial charge in [0.25, 0.3) is 0 Å². The average Bonchev–Trinajstić information content (AvgIpc) is 2.48. The van der Waals surface area contributed by atoms with Crippen LogP contribution in [0.1, 0.15) is 24.0 Å². The second kappa shape index (κ2) is 6.46. The molecule has 0 atom stereocenters. The Morgan fingerprint density at radius 3 is 2.64 bits per heavy atom. The Kier molecular flexibility index (Phi) is 4.59. The lowest BCUT2D eigenvalue weighted by Crippen LogP contribution is -2.45. The number of alkyl halides is 3. The van der Waals surface area contributed by atoms with Gasteiger partial charge in [0.1, 0.15) is 0 Å². The Balaban J connectivity index is 1.93. The van der Waals surface area contributed by atoms with Crippen molar-refractivity contribution in [2.75, 3.05) is 37.7 Å². The van der Waals surface area contributed by atoms with Gasteiger partial charge in [0.2, 0.25) is 0 Å². The largest absolute Gasteiger partial charge is 0.416 e. The third kappa shape index (κ3) is 3.38. The lowest BCUT2D eigenvalue weighted by molar-refractivity contribution is -0.137. The number of nitrogens with one attached hydrogen (secondary N) is 1. The van der Waals surface area contributed by atoms with E-state index in [2.05, 4.69) is 10.2 Å². The minimum Gasteiger partial charge on any atom is -0.379 e. The molecule has 2 aliphatic rings. The molecule has 1 aromatic carbocycles. The molecule has 0 spiro atoms. The van der Waals surface area contributed by atoms with E-state index in [1.807, 2.05) is 0 Å². The molecule has 0 aromatic heterocycles. The van der Waals surface area contributed by atoms with Crippen molar-refractivity contribution in [1.82, 2.24) is 5.32 Å². The Bertz CT molecular complexity index is 513. The standard InChI is InChI=1S/C16H21F3N2O/c17-16(18,19)13-1-2-15-12(11-13)5-9-22-10-8-21(15)14-3-6-20-7-4-14/h1-2,11,14,20H,3-10H2. The van der Waals surface area contributed by atoms with E-state index in [4.69, 9.17) is 4.74 Å². The summed E-state index contributed by atoms with van der Waals surface area (Å²) in [6.07, 6.45) is -1.74. The van der Waals surface area contributed by atoms with E-state index in [9.17, 15) is 13.2 Å². The molecule has 0 saturated carbocycles. The van der Waals surface area contributed by atoms with Gasteiger partial charge < -0.3 is 15.0 Å². The van der Waals surface area contributed by atoms with Gasteiger partial charge in [0, 0.05) is 18.3 Å². The predicted molar refractivity (Wildman–Crippen MR) is 79.2 cm³/mol. The van der Waals surface area contributed by atoms with E-state index in [1.165, 1.54) is 12.1 Å². The maximum atomic E-state index is 12.9. The van der Waals surface area contributed by atoms with Crippen LogP contribution in [0, 0.1) is 0 Å². The van der Waals surface area contributed by atoms with Crippen LogP contribution in [0.3, 0.4) is 0 Å². The van der Waals surface area contributed by atoms with Gasteiger partial charge in [-0.15, -0.1) is 0 Å². The van der Waals surface area contributed by atoms with Crippen LogP contribution < -0.4 is 10.2 Å². The summed E-state index contributed by atoms with van der Waals surface area (Å²) in [7, 11) is 0. The third-order valence-electron chi connectivity index (χ3n) is 4.46. The number of ether oxygens (including phenoxy) is 1. The molecule has 0 radical (unpaired) electrons. The zero-order chi connectivity index (χ0) is 15.6. The van der Waals surface area contributed by atoms with Gasteiger partial charge in [-0.1, -0.05) is 0 Å². The lowest BCUT2D eigenvalue weighted by Gasteiger charge is -2.38. The second-order valence-corrected chi connectivity index (χ2v) is 5.88. The summed E-state index contributed by atoms with van der Waals surface area (Å²) in [4.78, 5) is 2.25. The monoisotopic (exact) mass is 314 g/mol. The lowest BCUT2D eigenvalue weighted by atomic mass is 9.99. The summed E-state index contributed by atoms with van der Waals surface area (Å²) in [5, 5.41) is 3.33. The van der Waals surface area contributed by atoms with E-state index in [0.29, 0.717) is 25.7 Å². The van der Waals surface area contributed by atoms with Crippen molar-refractivity contribution in [2.24, 2.45) is 0 Å².